The summed E-state index contributed by atoms with van der Waals surface area (Å²) in [6.07, 6.45) is 5.53. The van der Waals surface area contributed by atoms with E-state index in [1.807, 2.05) is 51.4 Å². The van der Waals surface area contributed by atoms with Gasteiger partial charge in [-0.05, 0) is 25.1 Å². The van der Waals surface area contributed by atoms with Gasteiger partial charge in [-0.25, -0.2) is 4.98 Å². The fourth-order valence-electron chi connectivity index (χ4n) is 3.24. The maximum Gasteiger partial charge on any atom is 0.186 e. The highest BCUT2D eigenvalue weighted by molar-refractivity contribution is 6.58. The molecule has 27 heavy (non-hydrogen) atoms. The highest BCUT2D eigenvalue weighted by atomic mass is 16.5. The fourth-order valence-corrected chi connectivity index (χ4v) is 3.24. The number of pyridine rings is 1. The minimum Gasteiger partial charge on any atom is -0.378 e. The minimum atomic E-state index is 0.756. The number of amidine groups is 1. The van der Waals surface area contributed by atoms with Crippen molar-refractivity contribution in [3.63, 3.8) is 0 Å². The lowest BCUT2D eigenvalue weighted by Crippen LogP contribution is -2.40. The van der Waals surface area contributed by atoms with Gasteiger partial charge < -0.3 is 9.64 Å². The van der Waals surface area contributed by atoms with Gasteiger partial charge in [-0.2, -0.15) is 0 Å². The van der Waals surface area contributed by atoms with Gasteiger partial charge in [0.05, 0.1) is 36.2 Å². The Hall–Kier alpha value is -2.93. The predicted octanol–water partition coefficient (Wildman–Crippen LogP) is 2.10. The summed E-state index contributed by atoms with van der Waals surface area (Å²) in [5, 5.41) is 0. The van der Waals surface area contributed by atoms with Gasteiger partial charge >= 0.3 is 0 Å². The molecule has 3 heterocycles. The zero-order valence-corrected chi connectivity index (χ0v) is 15.7. The van der Waals surface area contributed by atoms with Crippen molar-refractivity contribution in [2.24, 2.45) is 4.99 Å². The van der Waals surface area contributed by atoms with Crippen LogP contribution in [0.15, 0.2) is 60.0 Å². The van der Waals surface area contributed by atoms with Gasteiger partial charge in [0.1, 0.15) is 5.82 Å². The van der Waals surface area contributed by atoms with Crippen LogP contribution in [0.5, 0.6) is 0 Å². The van der Waals surface area contributed by atoms with Gasteiger partial charge in [-0.15, -0.1) is 0 Å². The number of allylic oxidation sites excluding steroid dienone is 1. The van der Waals surface area contributed by atoms with Crippen LogP contribution < -0.4 is 0 Å². The molecule has 4 rings (SSSR count). The van der Waals surface area contributed by atoms with E-state index in [2.05, 4.69) is 31.6 Å². The maximum atomic E-state index is 5.41. The molecular weight excluding hydrogens is 337 g/mol. The van der Waals surface area contributed by atoms with Crippen molar-refractivity contribution in [1.29, 1.82) is 0 Å². The molecule has 6 nitrogen and oxygen atoms in total. The summed E-state index contributed by atoms with van der Waals surface area (Å²) in [7, 11) is 2.04. The van der Waals surface area contributed by atoms with Crippen molar-refractivity contribution in [2.75, 3.05) is 26.3 Å². The lowest BCUT2D eigenvalue weighted by atomic mass is 10.1. The third-order valence-corrected chi connectivity index (χ3v) is 4.74. The lowest BCUT2D eigenvalue weighted by Gasteiger charge is -2.28. The molecule has 0 unspecified atom stereocenters. The Morgan fingerprint density at radius 1 is 1.19 bits per heavy atom. The number of para-hydroxylation sites is 1. The van der Waals surface area contributed by atoms with Crippen molar-refractivity contribution in [1.82, 2.24) is 19.4 Å². The van der Waals surface area contributed by atoms with Gasteiger partial charge in [-0.3, -0.25) is 14.5 Å². The Balaban J connectivity index is 1.74. The number of rotatable bonds is 3. The van der Waals surface area contributed by atoms with Gasteiger partial charge in [0.25, 0.3) is 0 Å². The molecule has 0 saturated carbocycles. The Morgan fingerprint density at radius 3 is 2.74 bits per heavy atom. The quantitative estimate of drug-likeness (QED) is 0.408. The molecule has 1 fully saturated rings. The van der Waals surface area contributed by atoms with Crippen LogP contribution in [0, 0.1) is 0 Å². The summed E-state index contributed by atoms with van der Waals surface area (Å²) >= 11 is 0. The normalized spacial score (nSPS) is 16.1. The van der Waals surface area contributed by atoms with E-state index in [4.69, 9.17) is 9.72 Å². The van der Waals surface area contributed by atoms with Gasteiger partial charge in [0, 0.05) is 36.7 Å². The van der Waals surface area contributed by atoms with Crippen molar-refractivity contribution in [3.05, 3.63) is 60.8 Å². The molecule has 0 bridgehead atoms. The molecule has 136 valence electrons. The Labute approximate surface area is 159 Å². The Morgan fingerprint density at radius 2 is 1.96 bits per heavy atom. The van der Waals surface area contributed by atoms with Gasteiger partial charge in [0.2, 0.25) is 0 Å². The fraction of sp³-hybridized carbons (Fsp3) is 0.250. The molecule has 1 aliphatic rings. The summed E-state index contributed by atoms with van der Waals surface area (Å²) in [6.45, 7) is 5.33. The van der Waals surface area contributed by atoms with E-state index >= 15 is 0 Å². The highest BCUT2D eigenvalue weighted by Crippen LogP contribution is 2.25. The number of morpholine rings is 1. The highest BCUT2D eigenvalue weighted by Gasteiger charge is 2.14. The first-order chi connectivity index (χ1) is 13.2. The number of imidazole rings is 1. The van der Waals surface area contributed by atoms with Crippen LogP contribution in [0.2, 0.25) is 0 Å². The zero-order valence-electron chi connectivity index (χ0n) is 15.7. The van der Waals surface area contributed by atoms with E-state index < -0.39 is 0 Å². The van der Waals surface area contributed by atoms with Crippen molar-refractivity contribution in [2.45, 2.75) is 6.92 Å². The third-order valence-electron chi connectivity index (χ3n) is 4.74. The number of aromatic nitrogens is 3. The van der Waals surface area contributed by atoms with E-state index in [1.165, 1.54) is 0 Å². The van der Waals surface area contributed by atoms with Gasteiger partial charge in [0.15, 0.2) is 7.85 Å². The lowest BCUT2D eigenvalue weighted by molar-refractivity contribution is 0.0692. The largest absolute Gasteiger partial charge is 0.378 e. The van der Waals surface area contributed by atoms with E-state index in [0.717, 1.165) is 60.2 Å². The minimum absolute atomic E-state index is 0.756. The number of fused-ring (bicyclic) bond motifs is 1. The number of hydrogen-bond acceptors (Lipinski definition) is 4. The number of benzene rings is 1. The molecule has 0 atom stereocenters. The molecule has 0 amide bonds. The topological polar surface area (TPSA) is 55.5 Å². The summed E-state index contributed by atoms with van der Waals surface area (Å²) in [4.78, 5) is 16.0. The molecule has 0 spiro atoms. The first kappa shape index (κ1) is 17.5. The standard InChI is InChI=1S/C20H22BN5O/c1-15(13-23-20(21)25-9-11-27-12-10-25)19-24-17-7-8-22-14-18(17)26(19)16-5-3-2-4-6-16/h2-8,13-14H,9-12,21H2,1H3/b15-13+,23-20+. The van der Waals surface area contributed by atoms with Crippen LogP contribution in [0.25, 0.3) is 22.3 Å². The predicted molar refractivity (Wildman–Crippen MR) is 111 cm³/mol. The molecule has 2 aromatic heterocycles. The number of aliphatic imine (C=N–C) groups is 1. The summed E-state index contributed by atoms with van der Waals surface area (Å²) in [5.74, 6) is 0.878. The molecular formula is C20H22BN5O. The van der Waals surface area contributed by atoms with Crippen molar-refractivity contribution < 1.29 is 4.74 Å². The molecule has 1 aliphatic heterocycles. The second-order valence-corrected chi connectivity index (χ2v) is 6.56. The van der Waals surface area contributed by atoms with Crippen LogP contribution in [-0.4, -0.2) is 59.3 Å². The molecule has 0 aliphatic carbocycles. The monoisotopic (exact) mass is 359 g/mol. The van der Waals surface area contributed by atoms with Crippen molar-refractivity contribution >= 4 is 30.2 Å². The second-order valence-electron chi connectivity index (χ2n) is 6.56. The van der Waals surface area contributed by atoms with E-state index in [0.29, 0.717) is 0 Å². The molecule has 0 radical (unpaired) electrons. The molecule has 1 aromatic carbocycles. The van der Waals surface area contributed by atoms with Crippen molar-refractivity contribution in [3.8, 4) is 5.69 Å². The first-order valence-electron chi connectivity index (χ1n) is 9.16. The SMILES string of the molecule is B/C(=N\C=C(/C)c1nc2ccncc2n1-c1ccccc1)N1CCOCC1. The average Bonchev–Trinajstić information content (AvgIpc) is 3.12. The number of nitrogens with zero attached hydrogens (tertiary/aromatic N) is 5. The number of ether oxygens (including phenoxy) is 1. The van der Waals surface area contributed by atoms with E-state index in [-0.39, 0.29) is 0 Å². The van der Waals surface area contributed by atoms with Crippen LogP contribution in [0.4, 0.5) is 0 Å². The van der Waals surface area contributed by atoms with E-state index in [9.17, 15) is 0 Å². The summed E-state index contributed by atoms with van der Waals surface area (Å²) in [5.41, 5.74) is 4.97. The Kier molecular flexibility index (Phi) is 5.02. The molecule has 7 heteroatoms. The van der Waals surface area contributed by atoms with Crippen LogP contribution >= 0.6 is 0 Å². The molecule has 0 N–H and O–H groups in total. The molecule has 3 aromatic rings. The Bertz CT molecular complexity index is 990. The average molecular weight is 359 g/mol. The molecule has 1 saturated heterocycles. The summed E-state index contributed by atoms with van der Waals surface area (Å²) in [6, 6.07) is 12.2. The first-order valence-corrected chi connectivity index (χ1v) is 9.16. The maximum absolute atomic E-state index is 5.41. The second kappa shape index (κ2) is 7.76. The van der Waals surface area contributed by atoms with Crippen LogP contribution in [0.3, 0.4) is 0 Å². The number of hydrogen-bond donors (Lipinski definition) is 0. The smallest absolute Gasteiger partial charge is 0.186 e. The van der Waals surface area contributed by atoms with Crippen LogP contribution in [0.1, 0.15) is 12.7 Å². The van der Waals surface area contributed by atoms with Crippen LogP contribution in [-0.2, 0) is 4.74 Å². The summed E-state index contributed by atoms with van der Waals surface area (Å²) < 4.78 is 7.54. The van der Waals surface area contributed by atoms with E-state index in [1.54, 1.807) is 6.20 Å². The third kappa shape index (κ3) is 3.64. The van der Waals surface area contributed by atoms with Gasteiger partial charge in [-0.1, -0.05) is 18.2 Å². The zero-order chi connectivity index (χ0) is 18.6.